The summed E-state index contributed by atoms with van der Waals surface area (Å²) in [5.74, 6) is -4.32. The van der Waals surface area contributed by atoms with Crippen molar-refractivity contribution >= 4 is 17.9 Å². The van der Waals surface area contributed by atoms with E-state index in [1.165, 1.54) is 12.1 Å². The molecule has 0 bridgehead atoms. The smallest absolute Gasteiger partial charge is 0.407 e. The average Bonchev–Trinajstić information content (AvgIpc) is 2.89. The van der Waals surface area contributed by atoms with Gasteiger partial charge < -0.3 is 5.11 Å². The second kappa shape index (κ2) is 4.75. The summed E-state index contributed by atoms with van der Waals surface area (Å²) in [7, 11) is 0. The number of amides is 3. The van der Waals surface area contributed by atoms with Crippen LogP contribution in [0.15, 0.2) is 24.3 Å². The number of halogens is 2. The lowest BCUT2D eigenvalue weighted by Crippen LogP contribution is -2.44. The highest BCUT2D eigenvalue weighted by molar-refractivity contribution is 6.21. The van der Waals surface area contributed by atoms with Crippen LogP contribution >= 0.6 is 0 Å². The van der Waals surface area contributed by atoms with Crippen molar-refractivity contribution < 1.29 is 28.3 Å². The molecule has 0 unspecified atom stereocenters. The van der Waals surface area contributed by atoms with Gasteiger partial charge in [-0.25, -0.2) is 13.6 Å². The minimum Gasteiger partial charge on any atom is -0.465 e. The van der Waals surface area contributed by atoms with Crippen molar-refractivity contribution in [1.29, 1.82) is 0 Å². The number of imide groups is 1. The van der Waals surface area contributed by atoms with Crippen molar-refractivity contribution in [1.82, 2.24) is 9.80 Å². The zero-order valence-electron chi connectivity index (χ0n) is 11.3. The van der Waals surface area contributed by atoms with Crippen LogP contribution in [0.25, 0.3) is 0 Å². The number of hydrogen-bond donors (Lipinski definition) is 1. The number of fused-ring (bicyclic) bond motifs is 1. The van der Waals surface area contributed by atoms with E-state index >= 15 is 0 Å². The van der Waals surface area contributed by atoms with Gasteiger partial charge in [-0.3, -0.25) is 19.4 Å². The van der Waals surface area contributed by atoms with E-state index in [0.717, 1.165) is 4.90 Å². The Hall–Kier alpha value is -2.51. The number of benzene rings is 1. The molecule has 2 heterocycles. The topological polar surface area (TPSA) is 77.9 Å². The van der Waals surface area contributed by atoms with Gasteiger partial charge in [0.1, 0.15) is 0 Å². The highest BCUT2D eigenvalue weighted by atomic mass is 19.3. The van der Waals surface area contributed by atoms with Gasteiger partial charge in [-0.1, -0.05) is 12.1 Å². The summed E-state index contributed by atoms with van der Waals surface area (Å²) in [5.41, 5.74) is 0.415. The molecule has 2 aliphatic heterocycles. The van der Waals surface area contributed by atoms with Gasteiger partial charge in [-0.15, -0.1) is 0 Å². The van der Waals surface area contributed by atoms with E-state index in [1.54, 1.807) is 12.1 Å². The van der Waals surface area contributed by atoms with Crippen molar-refractivity contribution in [3.63, 3.8) is 0 Å². The number of likely N-dealkylation sites (tertiary alicyclic amines) is 1. The number of carboxylic acid groups (broad SMARTS) is 1. The normalized spacial score (nSPS) is 23.1. The molecule has 0 saturated carbocycles. The predicted octanol–water partition coefficient (Wildman–Crippen LogP) is 1.67. The van der Waals surface area contributed by atoms with Crippen LogP contribution in [-0.4, -0.2) is 57.9 Å². The molecule has 116 valence electrons. The van der Waals surface area contributed by atoms with Crippen LogP contribution in [0.2, 0.25) is 0 Å². The van der Waals surface area contributed by atoms with Crippen LogP contribution < -0.4 is 0 Å². The molecule has 1 fully saturated rings. The minimum atomic E-state index is -3.15. The Balaban J connectivity index is 1.84. The van der Waals surface area contributed by atoms with Crippen LogP contribution in [-0.2, 0) is 0 Å². The quantitative estimate of drug-likeness (QED) is 0.843. The molecule has 0 aromatic heterocycles. The number of hydrogen-bond acceptors (Lipinski definition) is 3. The first-order valence-corrected chi connectivity index (χ1v) is 6.63. The molecule has 8 heteroatoms. The van der Waals surface area contributed by atoms with E-state index in [9.17, 15) is 23.2 Å². The molecule has 1 aromatic rings. The fourth-order valence-corrected chi connectivity index (χ4v) is 2.90. The third-order valence-corrected chi connectivity index (χ3v) is 3.89. The Morgan fingerprint density at radius 3 is 2.27 bits per heavy atom. The van der Waals surface area contributed by atoms with Crippen LogP contribution in [0.3, 0.4) is 0 Å². The fraction of sp³-hybridized carbons (Fsp3) is 0.357. The summed E-state index contributed by atoms with van der Waals surface area (Å²) in [6, 6.07) is 5.05. The number of alkyl halides is 2. The maximum Gasteiger partial charge on any atom is 0.407 e. The first kappa shape index (κ1) is 14.4. The van der Waals surface area contributed by atoms with Crippen molar-refractivity contribution in [2.45, 2.75) is 18.4 Å². The van der Waals surface area contributed by atoms with Crippen molar-refractivity contribution in [2.24, 2.45) is 0 Å². The monoisotopic (exact) mass is 310 g/mol. The molecule has 6 nitrogen and oxygen atoms in total. The molecule has 0 aliphatic carbocycles. The summed E-state index contributed by atoms with van der Waals surface area (Å²) in [5, 5.41) is 9.00. The first-order valence-electron chi connectivity index (χ1n) is 6.63. The molecule has 1 N–H and O–H groups in total. The Bertz CT molecular complexity index is 642. The highest BCUT2D eigenvalue weighted by Crippen LogP contribution is 2.33. The highest BCUT2D eigenvalue weighted by Gasteiger charge is 2.49. The molecule has 22 heavy (non-hydrogen) atoms. The van der Waals surface area contributed by atoms with Gasteiger partial charge in [0.15, 0.2) is 0 Å². The average molecular weight is 310 g/mol. The molecule has 1 atom stereocenters. The van der Waals surface area contributed by atoms with Crippen LogP contribution in [0.5, 0.6) is 0 Å². The maximum atomic E-state index is 13.4. The van der Waals surface area contributed by atoms with Crippen LogP contribution in [0.1, 0.15) is 27.1 Å². The zero-order chi connectivity index (χ0) is 16.1. The van der Waals surface area contributed by atoms with Gasteiger partial charge >= 0.3 is 6.09 Å². The zero-order valence-corrected chi connectivity index (χ0v) is 11.3. The summed E-state index contributed by atoms with van der Waals surface area (Å²) in [4.78, 5) is 36.9. The van der Waals surface area contributed by atoms with Crippen LogP contribution in [0.4, 0.5) is 13.6 Å². The fourth-order valence-electron chi connectivity index (χ4n) is 2.90. The molecule has 0 radical (unpaired) electrons. The van der Waals surface area contributed by atoms with Gasteiger partial charge in [-0.05, 0) is 12.1 Å². The maximum absolute atomic E-state index is 13.4. The second-order valence-corrected chi connectivity index (χ2v) is 5.39. The lowest BCUT2D eigenvalue weighted by molar-refractivity contribution is 0.0124. The third-order valence-electron chi connectivity index (χ3n) is 3.89. The molecule has 0 spiro atoms. The van der Waals surface area contributed by atoms with Crippen molar-refractivity contribution in [2.75, 3.05) is 13.1 Å². The lowest BCUT2D eigenvalue weighted by Gasteiger charge is -2.24. The molecule has 1 aromatic carbocycles. The number of rotatable bonds is 2. The van der Waals surface area contributed by atoms with E-state index in [4.69, 9.17) is 5.11 Å². The molecule has 2 aliphatic rings. The summed E-state index contributed by atoms with van der Waals surface area (Å²) >= 11 is 0. The van der Waals surface area contributed by atoms with Gasteiger partial charge in [0.2, 0.25) is 0 Å². The third kappa shape index (κ3) is 2.20. The van der Waals surface area contributed by atoms with Gasteiger partial charge in [0, 0.05) is 6.42 Å². The van der Waals surface area contributed by atoms with E-state index < -0.39 is 42.8 Å². The van der Waals surface area contributed by atoms with Crippen LogP contribution in [0, 0.1) is 0 Å². The SMILES string of the molecule is O=C1c2ccccc2C(=O)N1C[C@@H]1CC(F)(F)CN1C(=O)O. The number of carbonyl (C=O) groups excluding carboxylic acids is 2. The Labute approximate surface area is 123 Å². The molecular formula is C14H12F2N2O4. The Kier molecular flexibility index (Phi) is 3.12. The van der Waals surface area contributed by atoms with E-state index in [2.05, 4.69) is 0 Å². The number of carbonyl (C=O) groups is 3. The molecular weight excluding hydrogens is 298 g/mol. The van der Waals surface area contributed by atoms with Crippen molar-refractivity contribution in [3.8, 4) is 0 Å². The Morgan fingerprint density at radius 1 is 1.23 bits per heavy atom. The van der Waals surface area contributed by atoms with Gasteiger partial charge in [0.05, 0.1) is 30.3 Å². The van der Waals surface area contributed by atoms with Gasteiger partial charge in [0.25, 0.3) is 17.7 Å². The molecule has 1 saturated heterocycles. The second-order valence-electron chi connectivity index (χ2n) is 5.39. The van der Waals surface area contributed by atoms with Gasteiger partial charge in [-0.2, -0.15) is 0 Å². The molecule has 3 amide bonds. The first-order chi connectivity index (χ1) is 10.3. The number of nitrogens with zero attached hydrogens (tertiary/aromatic N) is 2. The predicted molar refractivity (Wildman–Crippen MR) is 69.9 cm³/mol. The summed E-state index contributed by atoms with van der Waals surface area (Å²) in [6.07, 6.45) is -2.19. The Morgan fingerprint density at radius 2 is 1.77 bits per heavy atom. The summed E-state index contributed by atoms with van der Waals surface area (Å²) < 4.78 is 26.9. The standard InChI is InChI=1S/C14H12F2N2O4/c15-14(16)5-8(18(7-14)13(21)22)6-17-11(19)9-3-1-2-4-10(9)12(17)20/h1-4,8H,5-7H2,(H,21,22)/t8-/m0/s1. The molecule has 3 rings (SSSR count). The summed E-state index contributed by atoms with van der Waals surface area (Å²) in [6.45, 7) is -1.29. The largest absolute Gasteiger partial charge is 0.465 e. The minimum absolute atomic E-state index is 0.208. The van der Waals surface area contributed by atoms with E-state index in [-0.39, 0.29) is 17.7 Å². The lowest BCUT2D eigenvalue weighted by atomic mass is 10.1. The van der Waals surface area contributed by atoms with E-state index in [1.807, 2.05) is 0 Å². The van der Waals surface area contributed by atoms with E-state index in [0.29, 0.717) is 4.90 Å². The van der Waals surface area contributed by atoms with Crippen molar-refractivity contribution in [3.05, 3.63) is 35.4 Å².